The predicted octanol–water partition coefficient (Wildman–Crippen LogP) is 2.77. The zero-order valence-corrected chi connectivity index (χ0v) is 10.1. The van der Waals surface area contributed by atoms with Crippen LogP contribution in [0.5, 0.6) is 0 Å². The summed E-state index contributed by atoms with van der Waals surface area (Å²) < 4.78 is 38.3. The topological polar surface area (TPSA) is 46.2 Å². The molecule has 0 bridgehead atoms. The van der Waals surface area contributed by atoms with E-state index in [1.54, 1.807) is 0 Å². The molecule has 1 rings (SSSR count). The molecule has 1 aliphatic carbocycles. The monoisotopic (exact) mass is 251 g/mol. The summed E-state index contributed by atoms with van der Waals surface area (Å²) in [5.74, 6) is 0.444. The summed E-state index contributed by atoms with van der Waals surface area (Å²) in [6.45, 7) is 1.26. The largest absolute Gasteiger partial charge is 0.422 e. The van der Waals surface area contributed by atoms with Crippen molar-refractivity contribution in [1.82, 2.24) is 0 Å². The van der Waals surface area contributed by atoms with Crippen LogP contribution in [0.15, 0.2) is 11.6 Å². The molecule has 100 valence electrons. The van der Waals surface area contributed by atoms with Crippen LogP contribution in [0, 0.1) is 5.92 Å². The first kappa shape index (κ1) is 14.5. The average molecular weight is 251 g/mol. The first-order valence-electron chi connectivity index (χ1n) is 6.03. The summed E-state index contributed by atoms with van der Waals surface area (Å²) in [4.78, 5) is 0. The van der Waals surface area contributed by atoms with Crippen LogP contribution in [-0.2, 0) is 0 Å². The summed E-state index contributed by atoms with van der Waals surface area (Å²) in [7, 11) is 0. The fourth-order valence-corrected chi connectivity index (χ4v) is 2.36. The summed E-state index contributed by atoms with van der Waals surface area (Å²) >= 11 is 0. The van der Waals surface area contributed by atoms with Crippen LogP contribution >= 0.6 is 0 Å². The van der Waals surface area contributed by atoms with E-state index in [1.165, 1.54) is 6.08 Å². The Kier molecular flexibility index (Phi) is 4.61. The van der Waals surface area contributed by atoms with Gasteiger partial charge in [0.2, 0.25) is 0 Å². The van der Waals surface area contributed by atoms with Crippen molar-refractivity contribution in [2.45, 2.75) is 50.8 Å². The Labute approximate surface area is 99.7 Å². The Morgan fingerprint density at radius 3 is 2.47 bits per heavy atom. The molecule has 0 aromatic rings. The second-order valence-corrected chi connectivity index (χ2v) is 4.72. The normalized spacial score (nSPS) is 25.3. The maximum Gasteiger partial charge on any atom is 0.422 e. The Bertz CT molecular complexity index is 288. The molecular formula is C12H20F3NO. The van der Waals surface area contributed by atoms with Gasteiger partial charge >= 0.3 is 6.18 Å². The lowest BCUT2D eigenvalue weighted by Gasteiger charge is -2.35. The third kappa shape index (κ3) is 3.01. The van der Waals surface area contributed by atoms with Gasteiger partial charge in [-0.2, -0.15) is 13.2 Å². The molecule has 0 aromatic heterocycles. The molecule has 0 radical (unpaired) electrons. The third-order valence-corrected chi connectivity index (χ3v) is 3.51. The van der Waals surface area contributed by atoms with Gasteiger partial charge in [-0.15, -0.1) is 0 Å². The Hall–Kier alpha value is -0.550. The zero-order chi connectivity index (χ0) is 13.1. The van der Waals surface area contributed by atoms with Crippen LogP contribution in [0.25, 0.3) is 0 Å². The van der Waals surface area contributed by atoms with Crippen LogP contribution in [0.2, 0.25) is 0 Å². The number of rotatable bonds is 4. The Balaban J connectivity index is 2.80. The number of hydrogen-bond donors (Lipinski definition) is 2. The second-order valence-electron chi connectivity index (χ2n) is 4.72. The van der Waals surface area contributed by atoms with E-state index < -0.39 is 18.3 Å². The van der Waals surface area contributed by atoms with Gasteiger partial charge in [-0.05, 0) is 30.8 Å². The molecule has 3 N–H and O–H groups in total. The lowest BCUT2D eigenvalue weighted by Crippen LogP contribution is -2.53. The van der Waals surface area contributed by atoms with Crippen molar-refractivity contribution in [2.75, 3.05) is 6.54 Å². The second kappa shape index (κ2) is 5.40. The van der Waals surface area contributed by atoms with Gasteiger partial charge in [0.1, 0.15) is 0 Å². The fraction of sp³-hybridized carbons (Fsp3) is 0.833. The van der Waals surface area contributed by atoms with Crippen molar-refractivity contribution in [3.63, 3.8) is 0 Å². The van der Waals surface area contributed by atoms with Gasteiger partial charge in [-0.25, -0.2) is 0 Å². The molecule has 0 spiro atoms. The number of aliphatic hydroxyl groups is 1. The minimum atomic E-state index is -4.69. The SMILES string of the molecule is CCCC1CC=C(C(O)(CN)C(F)(F)F)CC1. The number of nitrogens with two attached hydrogens (primary N) is 1. The molecule has 0 aliphatic heterocycles. The summed E-state index contributed by atoms with van der Waals surface area (Å²) in [5.41, 5.74) is 2.32. The lowest BCUT2D eigenvalue weighted by atomic mass is 9.79. The van der Waals surface area contributed by atoms with Gasteiger partial charge in [0.15, 0.2) is 5.60 Å². The van der Waals surface area contributed by atoms with Crippen molar-refractivity contribution >= 4 is 0 Å². The minimum Gasteiger partial charge on any atom is -0.376 e. The number of alkyl halides is 3. The molecule has 0 amide bonds. The molecule has 17 heavy (non-hydrogen) atoms. The van der Waals surface area contributed by atoms with Gasteiger partial charge in [0.25, 0.3) is 0 Å². The Morgan fingerprint density at radius 2 is 2.12 bits per heavy atom. The van der Waals surface area contributed by atoms with E-state index in [9.17, 15) is 18.3 Å². The highest BCUT2D eigenvalue weighted by Crippen LogP contribution is 2.40. The predicted molar refractivity (Wildman–Crippen MR) is 60.4 cm³/mol. The van der Waals surface area contributed by atoms with Gasteiger partial charge in [-0.3, -0.25) is 0 Å². The highest BCUT2D eigenvalue weighted by molar-refractivity contribution is 5.22. The van der Waals surface area contributed by atoms with Crippen molar-refractivity contribution in [1.29, 1.82) is 0 Å². The van der Waals surface area contributed by atoms with Crippen LogP contribution in [0.3, 0.4) is 0 Å². The van der Waals surface area contributed by atoms with E-state index >= 15 is 0 Å². The quantitative estimate of drug-likeness (QED) is 0.755. The number of hydrogen-bond acceptors (Lipinski definition) is 2. The molecule has 0 fully saturated rings. The molecule has 5 heteroatoms. The lowest BCUT2D eigenvalue weighted by molar-refractivity contribution is -0.241. The van der Waals surface area contributed by atoms with Crippen LogP contribution in [-0.4, -0.2) is 23.4 Å². The molecule has 2 unspecified atom stereocenters. The van der Waals surface area contributed by atoms with Gasteiger partial charge in [-0.1, -0.05) is 25.8 Å². The van der Waals surface area contributed by atoms with Crippen LogP contribution in [0.1, 0.15) is 39.0 Å². The van der Waals surface area contributed by atoms with E-state index in [1.807, 2.05) is 0 Å². The fourth-order valence-electron chi connectivity index (χ4n) is 2.36. The zero-order valence-electron chi connectivity index (χ0n) is 10.1. The van der Waals surface area contributed by atoms with Crippen molar-refractivity contribution in [2.24, 2.45) is 11.7 Å². The molecule has 2 atom stereocenters. The van der Waals surface area contributed by atoms with E-state index in [-0.39, 0.29) is 12.0 Å². The molecule has 1 aliphatic rings. The van der Waals surface area contributed by atoms with Crippen molar-refractivity contribution in [3.8, 4) is 0 Å². The highest BCUT2D eigenvalue weighted by Gasteiger charge is 2.55. The van der Waals surface area contributed by atoms with Gasteiger partial charge in [0.05, 0.1) is 0 Å². The summed E-state index contributed by atoms with van der Waals surface area (Å²) in [6.07, 6.45) is 0.512. The molecule has 0 aromatic carbocycles. The number of allylic oxidation sites excluding steroid dienone is 1. The van der Waals surface area contributed by atoms with E-state index in [0.717, 1.165) is 12.8 Å². The van der Waals surface area contributed by atoms with Crippen molar-refractivity contribution < 1.29 is 18.3 Å². The minimum absolute atomic E-state index is 0.0415. The van der Waals surface area contributed by atoms with Gasteiger partial charge < -0.3 is 10.8 Å². The molecule has 0 saturated carbocycles. The molecule has 0 heterocycles. The van der Waals surface area contributed by atoms with E-state index in [0.29, 0.717) is 18.8 Å². The third-order valence-electron chi connectivity index (χ3n) is 3.51. The van der Waals surface area contributed by atoms with E-state index in [4.69, 9.17) is 5.73 Å². The first-order valence-corrected chi connectivity index (χ1v) is 6.03. The molecule has 2 nitrogen and oxygen atoms in total. The van der Waals surface area contributed by atoms with Gasteiger partial charge in [0, 0.05) is 6.54 Å². The van der Waals surface area contributed by atoms with Crippen LogP contribution in [0.4, 0.5) is 13.2 Å². The highest BCUT2D eigenvalue weighted by atomic mass is 19.4. The van der Waals surface area contributed by atoms with Crippen LogP contribution < -0.4 is 5.73 Å². The Morgan fingerprint density at radius 1 is 1.47 bits per heavy atom. The first-order chi connectivity index (χ1) is 7.85. The van der Waals surface area contributed by atoms with Crippen molar-refractivity contribution in [3.05, 3.63) is 11.6 Å². The maximum absolute atomic E-state index is 12.8. The standard InChI is InChI=1S/C12H20F3NO/c1-2-3-9-4-6-10(7-5-9)11(17,8-16)12(13,14)15/h6,9,17H,2-5,7-8,16H2,1H3. The smallest absolute Gasteiger partial charge is 0.376 e. The summed E-state index contributed by atoms with van der Waals surface area (Å²) in [5, 5.41) is 9.68. The molecular weight excluding hydrogens is 231 g/mol. The molecule has 0 saturated heterocycles. The van der Waals surface area contributed by atoms with E-state index in [2.05, 4.69) is 6.92 Å². The maximum atomic E-state index is 12.8. The summed E-state index contributed by atoms with van der Waals surface area (Å²) in [6, 6.07) is 0. The number of halogens is 3. The average Bonchev–Trinajstić information content (AvgIpc) is 2.28.